The maximum absolute atomic E-state index is 12.4. The molecule has 0 aliphatic carbocycles. The summed E-state index contributed by atoms with van der Waals surface area (Å²) in [5, 5.41) is 22.9. The summed E-state index contributed by atoms with van der Waals surface area (Å²) in [5.41, 5.74) is 0. The standard InChI is InChI=1S/C49H93NO3/c1-3-5-7-9-11-13-15-16-17-18-19-20-21-22-23-24-25-26-27-28-29-30-31-32-33-34-35-37-39-41-43-45-49(53)50-47(46-51)48(52)44-42-40-38-36-14-12-10-8-6-4-2/h14,22-23,36,42,44,47-48,51-52H,3-13,15-21,24-35,37-41,43,45-46H2,1-2H3,(H,50,53)/b23-22-,36-14+,44-42+. The SMILES string of the molecule is CCCCCC/C=C/CC/C=C/C(O)C(CO)NC(=O)CCCCCCCCCCCCCCCCC/C=C\CCCCCCCCCCCCCC. The smallest absolute Gasteiger partial charge is 0.220 e. The van der Waals surface area contributed by atoms with Gasteiger partial charge >= 0.3 is 0 Å². The predicted octanol–water partition coefficient (Wildman–Crippen LogP) is 15.0. The fourth-order valence-corrected chi connectivity index (χ4v) is 7.19. The molecule has 0 heterocycles. The van der Waals surface area contributed by atoms with Crippen LogP contribution < -0.4 is 5.32 Å². The summed E-state index contributed by atoms with van der Waals surface area (Å²) in [6.07, 6.45) is 60.0. The number of carbonyl (C=O) groups is 1. The molecule has 4 heteroatoms. The minimum Gasteiger partial charge on any atom is -0.394 e. The van der Waals surface area contributed by atoms with Crippen LogP contribution in [0.2, 0.25) is 0 Å². The van der Waals surface area contributed by atoms with E-state index < -0.39 is 12.1 Å². The summed E-state index contributed by atoms with van der Waals surface area (Å²) in [4.78, 5) is 12.4. The Morgan fingerprint density at radius 1 is 0.434 bits per heavy atom. The van der Waals surface area contributed by atoms with E-state index in [4.69, 9.17) is 0 Å². The lowest BCUT2D eigenvalue weighted by Crippen LogP contribution is -2.45. The van der Waals surface area contributed by atoms with Crippen molar-refractivity contribution in [1.82, 2.24) is 5.32 Å². The van der Waals surface area contributed by atoms with E-state index in [2.05, 4.69) is 43.5 Å². The second-order valence-corrected chi connectivity index (χ2v) is 16.2. The van der Waals surface area contributed by atoms with Gasteiger partial charge < -0.3 is 15.5 Å². The van der Waals surface area contributed by atoms with Crippen LogP contribution in [0.4, 0.5) is 0 Å². The van der Waals surface area contributed by atoms with Crippen molar-refractivity contribution in [2.45, 2.75) is 264 Å². The highest BCUT2D eigenvalue weighted by Gasteiger charge is 2.17. The highest BCUT2D eigenvalue weighted by Crippen LogP contribution is 2.16. The summed E-state index contributed by atoms with van der Waals surface area (Å²) < 4.78 is 0. The lowest BCUT2D eigenvalue weighted by molar-refractivity contribution is -0.123. The fraction of sp³-hybridized carbons (Fsp3) is 0.857. The molecule has 0 aromatic heterocycles. The number of allylic oxidation sites excluding steroid dienone is 5. The average molecular weight is 744 g/mol. The summed E-state index contributed by atoms with van der Waals surface area (Å²) in [6.45, 7) is 4.27. The Kier molecular flexibility index (Phi) is 43.8. The Bertz CT molecular complexity index is 806. The molecule has 2 unspecified atom stereocenters. The highest BCUT2D eigenvalue weighted by atomic mass is 16.3. The van der Waals surface area contributed by atoms with E-state index in [0.717, 1.165) is 32.1 Å². The van der Waals surface area contributed by atoms with Crippen LogP contribution in [0.5, 0.6) is 0 Å². The van der Waals surface area contributed by atoms with Gasteiger partial charge in [-0.25, -0.2) is 0 Å². The molecule has 1 amide bonds. The Labute approximate surface area is 331 Å². The molecule has 312 valence electrons. The lowest BCUT2D eigenvalue weighted by atomic mass is 10.0. The topological polar surface area (TPSA) is 69.6 Å². The molecule has 0 aromatic carbocycles. The summed E-state index contributed by atoms with van der Waals surface area (Å²) >= 11 is 0. The van der Waals surface area contributed by atoms with Crippen LogP contribution >= 0.6 is 0 Å². The minimum absolute atomic E-state index is 0.0740. The molecule has 0 rings (SSSR count). The zero-order valence-corrected chi connectivity index (χ0v) is 35.8. The van der Waals surface area contributed by atoms with Gasteiger partial charge in [0.05, 0.1) is 18.8 Å². The second-order valence-electron chi connectivity index (χ2n) is 16.2. The van der Waals surface area contributed by atoms with Gasteiger partial charge in [-0.05, 0) is 57.8 Å². The number of hydrogen-bond donors (Lipinski definition) is 3. The Hall–Kier alpha value is -1.39. The number of hydrogen-bond acceptors (Lipinski definition) is 3. The normalized spacial score (nSPS) is 13.2. The maximum Gasteiger partial charge on any atom is 0.220 e. The van der Waals surface area contributed by atoms with Crippen molar-refractivity contribution in [1.29, 1.82) is 0 Å². The van der Waals surface area contributed by atoms with E-state index in [9.17, 15) is 15.0 Å². The van der Waals surface area contributed by atoms with Crippen molar-refractivity contribution in [3.8, 4) is 0 Å². The van der Waals surface area contributed by atoms with Gasteiger partial charge in [0.25, 0.3) is 0 Å². The van der Waals surface area contributed by atoms with Gasteiger partial charge in [-0.2, -0.15) is 0 Å². The van der Waals surface area contributed by atoms with Gasteiger partial charge in [-0.1, -0.05) is 224 Å². The van der Waals surface area contributed by atoms with Gasteiger partial charge in [-0.15, -0.1) is 0 Å². The van der Waals surface area contributed by atoms with Gasteiger partial charge in [-0.3, -0.25) is 4.79 Å². The molecule has 0 spiro atoms. The van der Waals surface area contributed by atoms with Gasteiger partial charge in [0.15, 0.2) is 0 Å². The third-order valence-electron chi connectivity index (χ3n) is 10.8. The fourth-order valence-electron chi connectivity index (χ4n) is 7.19. The van der Waals surface area contributed by atoms with Gasteiger partial charge in [0.1, 0.15) is 0 Å². The van der Waals surface area contributed by atoms with Crippen LogP contribution in [0, 0.1) is 0 Å². The maximum atomic E-state index is 12.4. The molecule has 0 bridgehead atoms. The van der Waals surface area contributed by atoms with Crippen LogP contribution in [0.1, 0.15) is 251 Å². The van der Waals surface area contributed by atoms with Crippen molar-refractivity contribution >= 4 is 5.91 Å². The summed E-state index contributed by atoms with van der Waals surface area (Å²) in [7, 11) is 0. The number of rotatable bonds is 43. The molecular weight excluding hydrogens is 651 g/mol. The molecular formula is C49H93NO3. The number of aliphatic hydroxyl groups is 2. The van der Waals surface area contributed by atoms with E-state index in [-0.39, 0.29) is 12.5 Å². The van der Waals surface area contributed by atoms with E-state index in [1.807, 2.05) is 6.08 Å². The third-order valence-corrected chi connectivity index (χ3v) is 10.8. The van der Waals surface area contributed by atoms with Gasteiger partial charge in [0, 0.05) is 6.42 Å². The summed E-state index contributed by atoms with van der Waals surface area (Å²) in [5.74, 6) is -0.0740. The van der Waals surface area contributed by atoms with Crippen molar-refractivity contribution in [3.05, 3.63) is 36.5 Å². The highest BCUT2D eigenvalue weighted by molar-refractivity contribution is 5.76. The molecule has 0 aliphatic rings. The zero-order valence-electron chi connectivity index (χ0n) is 35.8. The van der Waals surface area contributed by atoms with Crippen molar-refractivity contribution in [2.75, 3.05) is 6.61 Å². The second kappa shape index (κ2) is 45.0. The van der Waals surface area contributed by atoms with E-state index >= 15 is 0 Å². The predicted molar refractivity (Wildman–Crippen MR) is 235 cm³/mol. The Morgan fingerprint density at radius 3 is 1.11 bits per heavy atom. The summed E-state index contributed by atoms with van der Waals surface area (Å²) in [6, 6.07) is -0.635. The number of carbonyl (C=O) groups excluding carboxylic acids is 1. The molecule has 53 heavy (non-hydrogen) atoms. The van der Waals surface area contributed by atoms with Crippen molar-refractivity contribution in [3.63, 3.8) is 0 Å². The van der Waals surface area contributed by atoms with Crippen LogP contribution in [0.15, 0.2) is 36.5 Å². The Morgan fingerprint density at radius 2 is 0.736 bits per heavy atom. The largest absolute Gasteiger partial charge is 0.394 e. The first-order chi connectivity index (χ1) is 26.2. The molecule has 0 aliphatic heterocycles. The van der Waals surface area contributed by atoms with Crippen molar-refractivity contribution < 1.29 is 15.0 Å². The minimum atomic E-state index is -0.858. The number of nitrogens with one attached hydrogen (secondary N) is 1. The molecule has 0 saturated carbocycles. The van der Waals surface area contributed by atoms with Crippen LogP contribution in [-0.2, 0) is 4.79 Å². The first-order valence-corrected chi connectivity index (χ1v) is 23.7. The van der Waals surface area contributed by atoms with E-state index in [1.54, 1.807) is 6.08 Å². The average Bonchev–Trinajstić information content (AvgIpc) is 3.16. The van der Waals surface area contributed by atoms with Crippen LogP contribution in [0.3, 0.4) is 0 Å². The monoisotopic (exact) mass is 744 g/mol. The van der Waals surface area contributed by atoms with E-state index in [0.29, 0.717) is 6.42 Å². The number of aliphatic hydroxyl groups excluding tert-OH is 2. The lowest BCUT2D eigenvalue weighted by Gasteiger charge is -2.19. The molecule has 2 atom stereocenters. The zero-order chi connectivity index (χ0) is 38.6. The molecule has 4 nitrogen and oxygen atoms in total. The first kappa shape index (κ1) is 51.6. The van der Waals surface area contributed by atoms with Crippen LogP contribution in [0.25, 0.3) is 0 Å². The Balaban J connectivity index is 3.43. The van der Waals surface area contributed by atoms with Crippen molar-refractivity contribution in [2.24, 2.45) is 0 Å². The molecule has 0 aromatic rings. The number of unbranched alkanes of at least 4 members (excludes halogenated alkanes) is 32. The molecule has 0 radical (unpaired) electrons. The molecule has 3 N–H and O–H groups in total. The number of amides is 1. The third kappa shape index (κ3) is 41.6. The first-order valence-electron chi connectivity index (χ1n) is 23.7. The van der Waals surface area contributed by atoms with Crippen LogP contribution in [-0.4, -0.2) is 34.9 Å². The molecule has 0 saturated heterocycles. The quantitative estimate of drug-likeness (QED) is 0.0430. The van der Waals surface area contributed by atoms with E-state index in [1.165, 1.54) is 199 Å². The molecule has 0 fully saturated rings. The van der Waals surface area contributed by atoms with Gasteiger partial charge in [0.2, 0.25) is 5.91 Å².